The van der Waals surface area contributed by atoms with E-state index in [1.165, 1.54) is 0 Å². The molecule has 90 valence electrons. The van der Waals surface area contributed by atoms with Gasteiger partial charge in [-0.25, -0.2) is 13.1 Å². The zero-order chi connectivity index (χ0) is 12.3. The van der Waals surface area contributed by atoms with E-state index in [-0.39, 0.29) is 6.04 Å². The molecule has 0 spiro atoms. The highest BCUT2D eigenvalue weighted by atomic mass is 32.2. The van der Waals surface area contributed by atoms with Crippen molar-refractivity contribution in [1.82, 2.24) is 4.72 Å². The van der Waals surface area contributed by atoms with Gasteiger partial charge in [-0.2, -0.15) is 0 Å². The summed E-state index contributed by atoms with van der Waals surface area (Å²) in [5, 5.41) is 0. The van der Waals surface area contributed by atoms with Crippen molar-refractivity contribution in [2.24, 2.45) is 0 Å². The SMILES string of the molecule is CC[C@@H](C)NS(=O)(=O)c1ccc(C)c(C)c1. The number of nitrogens with one attached hydrogen (secondary N) is 1. The van der Waals surface area contributed by atoms with Gasteiger partial charge in [0.2, 0.25) is 10.0 Å². The number of sulfonamides is 1. The highest BCUT2D eigenvalue weighted by Crippen LogP contribution is 2.15. The summed E-state index contributed by atoms with van der Waals surface area (Å²) in [5.74, 6) is 0. The third kappa shape index (κ3) is 3.06. The molecule has 0 saturated carbocycles. The van der Waals surface area contributed by atoms with E-state index in [0.717, 1.165) is 17.5 Å². The van der Waals surface area contributed by atoms with Crippen molar-refractivity contribution in [3.63, 3.8) is 0 Å². The highest BCUT2D eigenvalue weighted by Gasteiger charge is 2.16. The van der Waals surface area contributed by atoms with Crippen molar-refractivity contribution in [3.05, 3.63) is 29.3 Å². The molecule has 1 aromatic carbocycles. The standard InChI is InChI=1S/C12H19NO2S/c1-5-11(4)13-16(14,15)12-7-6-9(2)10(3)8-12/h6-8,11,13H,5H2,1-4H3/t11-/m1/s1. The molecule has 0 bridgehead atoms. The van der Waals surface area contributed by atoms with E-state index in [2.05, 4.69) is 4.72 Å². The van der Waals surface area contributed by atoms with Crippen molar-refractivity contribution < 1.29 is 8.42 Å². The fraction of sp³-hybridized carbons (Fsp3) is 0.500. The molecular formula is C12H19NO2S. The van der Waals surface area contributed by atoms with Gasteiger partial charge in [-0.1, -0.05) is 13.0 Å². The molecule has 4 heteroatoms. The monoisotopic (exact) mass is 241 g/mol. The smallest absolute Gasteiger partial charge is 0.208 e. The van der Waals surface area contributed by atoms with E-state index in [9.17, 15) is 8.42 Å². The lowest BCUT2D eigenvalue weighted by Crippen LogP contribution is -2.32. The molecule has 0 aromatic heterocycles. The van der Waals surface area contributed by atoms with Crippen molar-refractivity contribution in [2.45, 2.75) is 45.1 Å². The van der Waals surface area contributed by atoms with Crippen LogP contribution in [0.1, 0.15) is 31.4 Å². The number of aryl methyl sites for hydroxylation is 2. The van der Waals surface area contributed by atoms with E-state index in [4.69, 9.17) is 0 Å². The predicted molar refractivity (Wildman–Crippen MR) is 66.0 cm³/mol. The fourth-order valence-corrected chi connectivity index (χ4v) is 2.71. The van der Waals surface area contributed by atoms with Crippen LogP contribution in [0.2, 0.25) is 0 Å². The molecule has 3 nitrogen and oxygen atoms in total. The van der Waals surface area contributed by atoms with Gasteiger partial charge in [-0.05, 0) is 50.5 Å². The van der Waals surface area contributed by atoms with Gasteiger partial charge in [0, 0.05) is 6.04 Å². The van der Waals surface area contributed by atoms with Gasteiger partial charge in [0.05, 0.1) is 4.90 Å². The van der Waals surface area contributed by atoms with Crippen LogP contribution in [-0.2, 0) is 10.0 Å². The Bertz CT molecular complexity index is 466. The molecule has 16 heavy (non-hydrogen) atoms. The molecule has 0 saturated heterocycles. The van der Waals surface area contributed by atoms with E-state index >= 15 is 0 Å². The van der Waals surface area contributed by atoms with Crippen LogP contribution in [0.25, 0.3) is 0 Å². The summed E-state index contributed by atoms with van der Waals surface area (Å²) in [4.78, 5) is 0.343. The summed E-state index contributed by atoms with van der Waals surface area (Å²) in [5.41, 5.74) is 2.09. The van der Waals surface area contributed by atoms with E-state index < -0.39 is 10.0 Å². The lowest BCUT2D eigenvalue weighted by atomic mass is 10.1. The van der Waals surface area contributed by atoms with Crippen molar-refractivity contribution in [1.29, 1.82) is 0 Å². The summed E-state index contributed by atoms with van der Waals surface area (Å²) >= 11 is 0. The largest absolute Gasteiger partial charge is 0.240 e. The number of benzene rings is 1. The van der Waals surface area contributed by atoms with Crippen LogP contribution in [0.4, 0.5) is 0 Å². The Morgan fingerprint density at radius 1 is 1.25 bits per heavy atom. The van der Waals surface area contributed by atoms with Gasteiger partial charge in [0.1, 0.15) is 0 Å². The van der Waals surface area contributed by atoms with Crippen LogP contribution < -0.4 is 4.72 Å². The molecule has 0 unspecified atom stereocenters. The Hall–Kier alpha value is -0.870. The molecule has 1 atom stereocenters. The van der Waals surface area contributed by atoms with Gasteiger partial charge in [0.15, 0.2) is 0 Å². The van der Waals surface area contributed by atoms with E-state index in [0.29, 0.717) is 4.90 Å². The van der Waals surface area contributed by atoms with Gasteiger partial charge in [0.25, 0.3) is 0 Å². The molecule has 0 aliphatic rings. The molecule has 0 heterocycles. The molecule has 1 N–H and O–H groups in total. The molecular weight excluding hydrogens is 222 g/mol. The van der Waals surface area contributed by atoms with Crippen LogP contribution >= 0.6 is 0 Å². The third-order valence-electron chi connectivity index (χ3n) is 2.76. The van der Waals surface area contributed by atoms with Crippen LogP contribution in [0.15, 0.2) is 23.1 Å². The van der Waals surface area contributed by atoms with Gasteiger partial charge in [-0.3, -0.25) is 0 Å². The average Bonchev–Trinajstić information content (AvgIpc) is 2.21. The zero-order valence-corrected chi connectivity index (χ0v) is 11.1. The van der Waals surface area contributed by atoms with Gasteiger partial charge >= 0.3 is 0 Å². The number of hydrogen-bond donors (Lipinski definition) is 1. The Morgan fingerprint density at radius 2 is 1.88 bits per heavy atom. The summed E-state index contributed by atoms with van der Waals surface area (Å²) in [7, 11) is -3.36. The maximum absolute atomic E-state index is 12.0. The topological polar surface area (TPSA) is 46.2 Å². The second-order valence-electron chi connectivity index (χ2n) is 4.18. The Kier molecular flexibility index (Phi) is 4.10. The second kappa shape index (κ2) is 4.97. The third-order valence-corrected chi connectivity index (χ3v) is 4.34. The highest BCUT2D eigenvalue weighted by molar-refractivity contribution is 7.89. The van der Waals surface area contributed by atoms with Crippen LogP contribution in [0.5, 0.6) is 0 Å². The molecule has 0 amide bonds. The lowest BCUT2D eigenvalue weighted by Gasteiger charge is -2.12. The van der Waals surface area contributed by atoms with E-state index in [1.807, 2.05) is 33.8 Å². The number of rotatable bonds is 4. The molecule has 0 aliphatic carbocycles. The molecule has 0 fully saturated rings. The first-order valence-corrected chi connectivity index (χ1v) is 6.94. The maximum atomic E-state index is 12.0. The Balaban J connectivity index is 3.03. The van der Waals surface area contributed by atoms with Crippen molar-refractivity contribution in [3.8, 4) is 0 Å². The van der Waals surface area contributed by atoms with Crippen LogP contribution in [0, 0.1) is 13.8 Å². The molecule has 0 radical (unpaired) electrons. The first-order valence-electron chi connectivity index (χ1n) is 5.46. The minimum absolute atomic E-state index is 0.0355. The van der Waals surface area contributed by atoms with Crippen molar-refractivity contribution in [2.75, 3.05) is 0 Å². The fourth-order valence-electron chi connectivity index (χ4n) is 1.30. The molecule has 1 aromatic rings. The zero-order valence-electron chi connectivity index (χ0n) is 10.2. The summed E-state index contributed by atoms with van der Waals surface area (Å²) in [6, 6.07) is 5.15. The van der Waals surface area contributed by atoms with Gasteiger partial charge < -0.3 is 0 Å². The van der Waals surface area contributed by atoms with Crippen LogP contribution in [0.3, 0.4) is 0 Å². The summed E-state index contributed by atoms with van der Waals surface area (Å²) < 4.78 is 26.5. The Labute approximate surface area is 97.9 Å². The average molecular weight is 241 g/mol. The minimum atomic E-state index is -3.36. The maximum Gasteiger partial charge on any atom is 0.240 e. The molecule has 0 aliphatic heterocycles. The Morgan fingerprint density at radius 3 is 2.38 bits per heavy atom. The first kappa shape index (κ1) is 13.2. The first-order chi connectivity index (χ1) is 7.36. The van der Waals surface area contributed by atoms with E-state index in [1.54, 1.807) is 12.1 Å². The van der Waals surface area contributed by atoms with Crippen molar-refractivity contribution >= 4 is 10.0 Å². The summed E-state index contributed by atoms with van der Waals surface area (Å²) in [6.07, 6.45) is 0.782. The molecule has 1 rings (SSSR count). The summed E-state index contributed by atoms with van der Waals surface area (Å²) in [6.45, 7) is 7.69. The van der Waals surface area contributed by atoms with Crippen LogP contribution in [-0.4, -0.2) is 14.5 Å². The lowest BCUT2D eigenvalue weighted by molar-refractivity contribution is 0.556. The quantitative estimate of drug-likeness (QED) is 0.879. The van der Waals surface area contributed by atoms with Gasteiger partial charge in [-0.15, -0.1) is 0 Å². The number of hydrogen-bond acceptors (Lipinski definition) is 2. The minimum Gasteiger partial charge on any atom is -0.208 e. The normalized spacial score (nSPS) is 13.8. The predicted octanol–water partition coefficient (Wildman–Crippen LogP) is 2.38. The second-order valence-corrected chi connectivity index (χ2v) is 5.89.